The lowest BCUT2D eigenvalue weighted by Crippen LogP contribution is -2.14. The summed E-state index contributed by atoms with van der Waals surface area (Å²) in [6, 6.07) is 2.84. The summed E-state index contributed by atoms with van der Waals surface area (Å²) >= 11 is 0. The average molecular weight is 239 g/mol. The van der Waals surface area contributed by atoms with E-state index in [1.807, 2.05) is 0 Å². The number of amides is 1. The monoisotopic (exact) mass is 239 g/mol. The van der Waals surface area contributed by atoms with Crippen LogP contribution < -0.4 is 11.1 Å². The Morgan fingerprint density at radius 3 is 2.76 bits per heavy atom. The van der Waals surface area contributed by atoms with Crippen LogP contribution in [-0.2, 0) is 0 Å². The van der Waals surface area contributed by atoms with Crippen LogP contribution in [0.25, 0.3) is 0 Å². The molecule has 0 saturated carbocycles. The van der Waals surface area contributed by atoms with Gasteiger partial charge in [0.1, 0.15) is 17.9 Å². The Morgan fingerprint density at radius 2 is 2.12 bits per heavy atom. The summed E-state index contributed by atoms with van der Waals surface area (Å²) in [5.41, 5.74) is 4.57. The molecule has 1 aromatic heterocycles. The molecule has 17 heavy (non-hydrogen) atoms. The quantitative estimate of drug-likeness (QED) is 0.783. The highest BCUT2D eigenvalue weighted by Gasteiger charge is 2.15. The zero-order valence-electron chi connectivity index (χ0n) is 8.41. The molecular weight excluding hydrogens is 232 g/mol. The van der Waals surface area contributed by atoms with Crippen molar-refractivity contribution >= 4 is 17.4 Å². The number of hydrogen-bond donors (Lipinski definition) is 2. The highest BCUT2D eigenvalue weighted by atomic mass is 19.1. The third kappa shape index (κ3) is 2.22. The number of hydrogen-bond acceptors (Lipinski definition) is 4. The topological polar surface area (TPSA) is 81.2 Å². The smallest absolute Gasteiger partial charge is 0.259 e. The van der Waals surface area contributed by atoms with E-state index < -0.39 is 17.5 Å². The molecule has 2 aromatic rings. The number of carbonyl (C=O) groups is 1. The predicted octanol–water partition coefficient (Wildman–Crippen LogP) is 1.79. The van der Waals surface area contributed by atoms with Crippen LogP contribution in [0.3, 0.4) is 0 Å². The molecule has 0 atom stereocenters. The van der Waals surface area contributed by atoms with Gasteiger partial charge in [-0.1, -0.05) is 5.16 Å². The lowest BCUT2D eigenvalue weighted by atomic mass is 10.1. The van der Waals surface area contributed by atoms with E-state index in [2.05, 4.69) is 15.0 Å². The molecule has 0 aliphatic carbocycles. The molecular formula is C10H7F2N3O2. The fourth-order valence-corrected chi connectivity index (χ4v) is 1.20. The number of carbonyl (C=O) groups excluding carboxylic acids is 1. The van der Waals surface area contributed by atoms with Crippen molar-refractivity contribution < 1.29 is 18.1 Å². The minimum Gasteiger partial charge on any atom is -0.396 e. The molecule has 3 N–H and O–H groups in total. The summed E-state index contributed by atoms with van der Waals surface area (Å²) in [4.78, 5) is 11.6. The molecule has 2 rings (SSSR count). The third-order valence-electron chi connectivity index (χ3n) is 2.01. The molecule has 0 unspecified atom stereocenters. The highest BCUT2D eigenvalue weighted by Crippen LogP contribution is 2.17. The van der Waals surface area contributed by atoms with Gasteiger partial charge in [-0.05, 0) is 6.07 Å². The molecule has 7 heteroatoms. The van der Waals surface area contributed by atoms with Gasteiger partial charge in [-0.2, -0.15) is 0 Å². The third-order valence-corrected chi connectivity index (χ3v) is 2.01. The van der Waals surface area contributed by atoms with Gasteiger partial charge in [0.25, 0.3) is 5.91 Å². The molecule has 0 saturated heterocycles. The van der Waals surface area contributed by atoms with Gasteiger partial charge in [-0.3, -0.25) is 4.79 Å². The van der Waals surface area contributed by atoms with Crippen molar-refractivity contribution in [2.75, 3.05) is 11.1 Å². The SMILES string of the molecule is Nc1cc(C(=O)Nc2ccon2)c(F)cc1F. The summed E-state index contributed by atoms with van der Waals surface area (Å²) in [7, 11) is 0. The first kappa shape index (κ1) is 11.1. The first-order valence-electron chi connectivity index (χ1n) is 4.54. The predicted molar refractivity (Wildman–Crippen MR) is 55.2 cm³/mol. The van der Waals surface area contributed by atoms with E-state index in [0.29, 0.717) is 6.07 Å². The molecule has 0 bridgehead atoms. The normalized spacial score (nSPS) is 10.2. The van der Waals surface area contributed by atoms with Crippen LogP contribution in [0.4, 0.5) is 20.3 Å². The Bertz CT molecular complexity index is 555. The lowest BCUT2D eigenvalue weighted by Gasteiger charge is -2.04. The number of anilines is 2. The van der Waals surface area contributed by atoms with Crippen molar-refractivity contribution in [1.82, 2.24) is 5.16 Å². The summed E-state index contributed by atoms with van der Waals surface area (Å²) in [6.07, 6.45) is 1.24. The fraction of sp³-hybridized carbons (Fsp3) is 0. The molecule has 88 valence electrons. The first-order chi connectivity index (χ1) is 8.08. The summed E-state index contributed by atoms with van der Waals surface area (Å²) in [5, 5.41) is 5.68. The van der Waals surface area contributed by atoms with E-state index in [1.165, 1.54) is 12.3 Å². The Labute approximate surface area is 94.2 Å². The van der Waals surface area contributed by atoms with E-state index >= 15 is 0 Å². The standard InChI is InChI=1S/C10H7F2N3O2/c11-6-4-7(12)8(13)3-5(6)10(16)14-9-1-2-17-15-9/h1-4H,13H2,(H,14,15,16). The Hall–Kier alpha value is -2.44. The molecule has 0 aliphatic heterocycles. The molecule has 0 radical (unpaired) electrons. The molecule has 1 heterocycles. The van der Waals surface area contributed by atoms with Crippen LogP contribution in [0.1, 0.15) is 10.4 Å². The van der Waals surface area contributed by atoms with Crippen molar-refractivity contribution in [3.8, 4) is 0 Å². The van der Waals surface area contributed by atoms with Crippen LogP contribution in [0.2, 0.25) is 0 Å². The molecule has 0 aliphatic rings. The molecule has 5 nitrogen and oxygen atoms in total. The minimum absolute atomic E-state index is 0.122. The van der Waals surface area contributed by atoms with Gasteiger partial charge in [0.2, 0.25) is 0 Å². The van der Waals surface area contributed by atoms with E-state index in [9.17, 15) is 13.6 Å². The average Bonchev–Trinajstić information content (AvgIpc) is 2.76. The van der Waals surface area contributed by atoms with Crippen molar-refractivity contribution in [3.05, 3.63) is 41.7 Å². The maximum Gasteiger partial charge on any atom is 0.259 e. The van der Waals surface area contributed by atoms with Crippen LogP contribution in [0.5, 0.6) is 0 Å². The zero-order chi connectivity index (χ0) is 12.4. The van der Waals surface area contributed by atoms with Gasteiger partial charge in [-0.15, -0.1) is 0 Å². The number of aromatic nitrogens is 1. The summed E-state index contributed by atoms with van der Waals surface area (Å²) < 4.78 is 30.7. The van der Waals surface area contributed by atoms with Crippen molar-refractivity contribution in [2.45, 2.75) is 0 Å². The van der Waals surface area contributed by atoms with Gasteiger partial charge in [0, 0.05) is 12.1 Å². The second-order valence-corrected chi connectivity index (χ2v) is 3.19. The number of nitrogens with two attached hydrogens (primary N) is 1. The van der Waals surface area contributed by atoms with Crippen LogP contribution >= 0.6 is 0 Å². The number of nitrogen functional groups attached to an aromatic ring is 1. The number of rotatable bonds is 2. The number of halogens is 2. The summed E-state index contributed by atoms with van der Waals surface area (Å²) in [6.45, 7) is 0. The second kappa shape index (κ2) is 4.20. The molecule has 1 amide bonds. The van der Waals surface area contributed by atoms with Crippen molar-refractivity contribution in [2.24, 2.45) is 0 Å². The zero-order valence-corrected chi connectivity index (χ0v) is 8.41. The number of benzene rings is 1. The van der Waals surface area contributed by atoms with Gasteiger partial charge < -0.3 is 15.6 Å². The number of nitrogens with one attached hydrogen (secondary N) is 1. The highest BCUT2D eigenvalue weighted by molar-refractivity contribution is 6.04. The van der Waals surface area contributed by atoms with E-state index in [4.69, 9.17) is 5.73 Å². The fourth-order valence-electron chi connectivity index (χ4n) is 1.20. The molecule has 0 fully saturated rings. The minimum atomic E-state index is -1.00. The van der Waals surface area contributed by atoms with Crippen molar-refractivity contribution in [1.29, 1.82) is 0 Å². The van der Waals surface area contributed by atoms with E-state index in [0.717, 1.165) is 6.07 Å². The van der Waals surface area contributed by atoms with E-state index in [1.54, 1.807) is 0 Å². The molecule has 1 aromatic carbocycles. The van der Waals surface area contributed by atoms with Crippen LogP contribution in [0, 0.1) is 11.6 Å². The Balaban J connectivity index is 2.28. The maximum atomic E-state index is 13.3. The second-order valence-electron chi connectivity index (χ2n) is 3.19. The van der Waals surface area contributed by atoms with Crippen molar-refractivity contribution in [3.63, 3.8) is 0 Å². The van der Waals surface area contributed by atoms with Gasteiger partial charge in [0.15, 0.2) is 5.82 Å². The lowest BCUT2D eigenvalue weighted by molar-refractivity contribution is 0.102. The Morgan fingerprint density at radius 1 is 1.35 bits per heavy atom. The maximum absolute atomic E-state index is 13.3. The largest absolute Gasteiger partial charge is 0.396 e. The van der Waals surface area contributed by atoms with Crippen LogP contribution in [-0.4, -0.2) is 11.1 Å². The molecule has 0 spiro atoms. The number of nitrogens with zero attached hydrogens (tertiary/aromatic N) is 1. The first-order valence-corrected chi connectivity index (χ1v) is 4.54. The van der Waals surface area contributed by atoms with Gasteiger partial charge in [0.05, 0.1) is 11.3 Å². The summed E-state index contributed by atoms with van der Waals surface area (Å²) in [5.74, 6) is -2.58. The van der Waals surface area contributed by atoms with Gasteiger partial charge >= 0.3 is 0 Å². The van der Waals surface area contributed by atoms with Gasteiger partial charge in [-0.25, -0.2) is 8.78 Å². The van der Waals surface area contributed by atoms with E-state index in [-0.39, 0.29) is 17.1 Å². The Kier molecular flexibility index (Phi) is 2.73. The van der Waals surface area contributed by atoms with Crippen LogP contribution in [0.15, 0.2) is 29.0 Å².